The lowest BCUT2D eigenvalue weighted by atomic mass is 9.97. The number of aromatic nitrogens is 1. The third-order valence-electron chi connectivity index (χ3n) is 4.76. The number of aliphatic carboxylic acids is 1. The topological polar surface area (TPSA) is 53.4 Å². The Hall–Kier alpha value is -3.09. The maximum absolute atomic E-state index is 12.9. The molecule has 0 bridgehead atoms. The second-order valence-corrected chi connectivity index (χ2v) is 6.81. The average molecular weight is 402 g/mol. The Morgan fingerprint density at radius 2 is 1.66 bits per heavy atom. The molecule has 1 saturated heterocycles. The normalized spacial score (nSPS) is 15.7. The fourth-order valence-corrected chi connectivity index (χ4v) is 3.28. The molecule has 1 aromatic carbocycles. The molecule has 2 heterocycles. The molecule has 0 saturated carbocycles. The van der Waals surface area contributed by atoms with Crippen LogP contribution in [0, 0.1) is 0 Å². The van der Waals surface area contributed by atoms with Crippen LogP contribution in [0.15, 0.2) is 60.8 Å². The van der Waals surface area contributed by atoms with Gasteiger partial charge in [-0.2, -0.15) is 13.2 Å². The van der Waals surface area contributed by atoms with Crippen molar-refractivity contribution in [1.29, 1.82) is 0 Å². The zero-order chi connectivity index (χ0) is 20.9. The Morgan fingerprint density at radius 1 is 1.00 bits per heavy atom. The number of carbonyl (C=O) groups is 1. The number of carboxylic acid groups (broad SMARTS) is 1. The van der Waals surface area contributed by atoms with Gasteiger partial charge in [-0.15, -0.1) is 0 Å². The van der Waals surface area contributed by atoms with Crippen LogP contribution in [0.3, 0.4) is 0 Å². The molecule has 152 valence electrons. The van der Waals surface area contributed by atoms with Crippen LogP contribution < -0.4 is 4.90 Å². The number of allylic oxidation sites excluding steroid dienone is 2. The van der Waals surface area contributed by atoms with Crippen molar-refractivity contribution in [2.24, 2.45) is 0 Å². The Bertz CT molecular complexity index is 895. The number of hydrogen-bond acceptors (Lipinski definition) is 3. The molecule has 1 aliphatic heterocycles. The van der Waals surface area contributed by atoms with Crippen molar-refractivity contribution >= 4 is 17.4 Å². The first-order chi connectivity index (χ1) is 13.8. The smallest absolute Gasteiger partial charge is 0.416 e. The average Bonchev–Trinajstić information content (AvgIpc) is 2.71. The minimum absolute atomic E-state index is 0.542. The van der Waals surface area contributed by atoms with E-state index in [1.54, 1.807) is 12.3 Å². The van der Waals surface area contributed by atoms with Crippen molar-refractivity contribution < 1.29 is 23.1 Å². The minimum Gasteiger partial charge on any atom is -0.478 e. The molecule has 1 N–H and O–H groups in total. The highest BCUT2D eigenvalue weighted by molar-refractivity contribution is 5.84. The van der Waals surface area contributed by atoms with E-state index < -0.39 is 17.7 Å². The third-order valence-corrected chi connectivity index (χ3v) is 4.76. The number of anilines is 1. The largest absolute Gasteiger partial charge is 0.478 e. The molecule has 0 spiro atoms. The van der Waals surface area contributed by atoms with E-state index in [0.29, 0.717) is 16.7 Å². The first-order valence-electron chi connectivity index (χ1n) is 9.35. The van der Waals surface area contributed by atoms with Crippen molar-refractivity contribution in [2.45, 2.75) is 25.4 Å². The fourth-order valence-electron chi connectivity index (χ4n) is 3.28. The lowest BCUT2D eigenvalue weighted by Gasteiger charge is -2.27. The molecule has 0 radical (unpaired) electrons. The zero-order valence-electron chi connectivity index (χ0n) is 15.7. The Kier molecular flexibility index (Phi) is 6.36. The number of hydrogen-bond donors (Lipinski definition) is 1. The second kappa shape index (κ2) is 8.94. The highest BCUT2D eigenvalue weighted by atomic mass is 19.4. The van der Waals surface area contributed by atoms with Gasteiger partial charge in [-0.1, -0.05) is 24.3 Å². The quantitative estimate of drug-likeness (QED) is 0.554. The Balaban J connectivity index is 1.92. The second-order valence-electron chi connectivity index (χ2n) is 6.81. The Morgan fingerprint density at radius 3 is 2.21 bits per heavy atom. The number of halogens is 3. The van der Waals surface area contributed by atoms with Crippen LogP contribution in [-0.2, 0) is 11.0 Å². The summed E-state index contributed by atoms with van der Waals surface area (Å²) in [6, 6.07) is 8.53. The van der Waals surface area contributed by atoms with Gasteiger partial charge < -0.3 is 10.0 Å². The van der Waals surface area contributed by atoms with Crippen molar-refractivity contribution in [3.63, 3.8) is 0 Å². The molecule has 2 aromatic rings. The van der Waals surface area contributed by atoms with Gasteiger partial charge in [0.15, 0.2) is 0 Å². The SMILES string of the molecule is O=C(O)/C=C/C=C(\c1ccc(C(F)(F)F)cc1)c1ccc(N2CCCCC2)nc1. The fraction of sp³-hybridized carbons (Fsp3) is 0.273. The van der Waals surface area contributed by atoms with Crippen molar-refractivity contribution in [2.75, 3.05) is 18.0 Å². The van der Waals surface area contributed by atoms with Gasteiger partial charge in [0.2, 0.25) is 0 Å². The first-order valence-corrected chi connectivity index (χ1v) is 9.35. The number of pyridine rings is 1. The standard InChI is InChI=1S/C22H21F3N2O2/c23-22(24,25)18-10-7-16(8-11-18)19(5-4-6-21(28)29)17-9-12-20(26-15-17)27-13-2-1-3-14-27/h4-12,15H,1-3,13-14H2,(H,28,29)/b6-4+,19-5+. The van der Waals surface area contributed by atoms with Gasteiger partial charge in [-0.25, -0.2) is 9.78 Å². The summed E-state index contributed by atoms with van der Waals surface area (Å²) in [5.41, 5.74) is 1.09. The minimum atomic E-state index is -4.41. The summed E-state index contributed by atoms with van der Waals surface area (Å²) in [5.74, 6) is -0.243. The van der Waals surface area contributed by atoms with Crippen LogP contribution in [0.4, 0.5) is 19.0 Å². The van der Waals surface area contributed by atoms with Gasteiger partial charge >= 0.3 is 12.1 Å². The van der Waals surface area contributed by atoms with Crippen molar-refractivity contribution in [3.8, 4) is 0 Å². The molecule has 1 aromatic heterocycles. The molecular weight excluding hydrogens is 381 g/mol. The van der Waals surface area contributed by atoms with E-state index in [1.807, 2.05) is 12.1 Å². The summed E-state index contributed by atoms with van der Waals surface area (Å²) >= 11 is 0. The summed E-state index contributed by atoms with van der Waals surface area (Å²) < 4.78 is 38.6. The number of benzene rings is 1. The molecule has 4 nitrogen and oxygen atoms in total. The molecule has 0 aliphatic carbocycles. The zero-order valence-corrected chi connectivity index (χ0v) is 15.7. The van der Waals surface area contributed by atoms with Gasteiger partial charge in [0.05, 0.1) is 5.56 Å². The summed E-state index contributed by atoms with van der Waals surface area (Å²) in [7, 11) is 0. The van der Waals surface area contributed by atoms with Crippen LogP contribution in [0.5, 0.6) is 0 Å². The predicted molar refractivity (Wildman–Crippen MR) is 106 cm³/mol. The van der Waals surface area contributed by atoms with E-state index in [9.17, 15) is 18.0 Å². The van der Waals surface area contributed by atoms with Gasteiger partial charge in [-0.05, 0) is 54.7 Å². The van der Waals surface area contributed by atoms with Gasteiger partial charge in [0.25, 0.3) is 0 Å². The molecule has 3 rings (SSSR count). The summed E-state index contributed by atoms with van der Waals surface area (Å²) in [5, 5.41) is 8.82. The number of piperidine rings is 1. The highest BCUT2D eigenvalue weighted by Gasteiger charge is 2.30. The molecular formula is C22H21F3N2O2. The molecule has 1 aliphatic rings. The Labute approximate surface area is 167 Å². The van der Waals surface area contributed by atoms with E-state index in [-0.39, 0.29) is 0 Å². The number of rotatable bonds is 5. The van der Waals surface area contributed by atoms with E-state index in [2.05, 4.69) is 9.88 Å². The summed E-state index contributed by atoms with van der Waals surface area (Å²) in [4.78, 5) is 17.5. The van der Waals surface area contributed by atoms with Crippen LogP contribution >= 0.6 is 0 Å². The molecule has 0 amide bonds. The predicted octanol–water partition coefficient (Wildman–Crippen LogP) is 5.16. The maximum atomic E-state index is 12.9. The van der Waals surface area contributed by atoms with E-state index in [1.165, 1.54) is 24.6 Å². The van der Waals surface area contributed by atoms with Gasteiger partial charge in [0, 0.05) is 30.9 Å². The molecule has 29 heavy (non-hydrogen) atoms. The molecule has 1 fully saturated rings. The number of alkyl halides is 3. The van der Waals surface area contributed by atoms with E-state index in [4.69, 9.17) is 5.11 Å². The number of nitrogens with zero attached hydrogens (tertiary/aromatic N) is 2. The van der Waals surface area contributed by atoms with E-state index in [0.717, 1.165) is 50.0 Å². The molecule has 0 unspecified atom stereocenters. The van der Waals surface area contributed by atoms with Gasteiger partial charge in [-0.3, -0.25) is 0 Å². The van der Waals surface area contributed by atoms with Crippen LogP contribution in [0.25, 0.3) is 5.57 Å². The first kappa shape index (κ1) is 20.6. The third kappa shape index (κ3) is 5.47. The van der Waals surface area contributed by atoms with E-state index >= 15 is 0 Å². The lowest BCUT2D eigenvalue weighted by Crippen LogP contribution is -2.30. The van der Waals surface area contributed by atoms with Crippen LogP contribution in [0.2, 0.25) is 0 Å². The lowest BCUT2D eigenvalue weighted by molar-refractivity contribution is -0.137. The monoisotopic (exact) mass is 402 g/mol. The summed E-state index contributed by atoms with van der Waals surface area (Å²) in [6.45, 7) is 1.91. The summed E-state index contributed by atoms with van der Waals surface area (Å²) in [6.07, 6.45) is 4.61. The van der Waals surface area contributed by atoms with Gasteiger partial charge in [0.1, 0.15) is 5.82 Å². The number of carboxylic acids is 1. The molecule has 0 atom stereocenters. The van der Waals surface area contributed by atoms with Crippen LogP contribution in [-0.4, -0.2) is 29.1 Å². The maximum Gasteiger partial charge on any atom is 0.416 e. The highest BCUT2D eigenvalue weighted by Crippen LogP contribution is 2.31. The molecule has 7 heteroatoms. The van der Waals surface area contributed by atoms with Crippen molar-refractivity contribution in [1.82, 2.24) is 4.98 Å². The van der Waals surface area contributed by atoms with Crippen molar-refractivity contribution in [3.05, 3.63) is 77.5 Å². The van der Waals surface area contributed by atoms with Crippen LogP contribution in [0.1, 0.15) is 36.0 Å².